The number of carbonyl (C=O) groups is 1. The van der Waals surface area contributed by atoms with Crippen molar-refractivity contribution >= 4 is 5.91 Å². The number of nitrogens with zero attached hydrogens (tertiary/aromatic N) is 1. The summed E-state index contributed by atoms with van der Waals surface area (Å²) in [6.45, 7) is 4.10. The van der Waals surface area contributed by atoms with Crippen molar-refractivity contribution in [1.82, 2.24) is 4.90 Å². The smallest absolute Gasteiger partial charge is 0.222 e. The highest BCUT2D eigenvalue weighted by Gasteiger charge is 2.27. The molecular weight excluding hydrogens is 138 g/mol. The van der Waals surface area contributed by atoms with Gasteiger partial charge in [-0.15, -0.1) is 0 Å². The molecule has 0 aliphatic carbocycles. The molecular formula is C9H15NO. The zero-order chi connectivity index (χ0) is 8.43. The molecule has 11 heavy (non-hydrogen) atoms. The van der Waals surface area contributed by atoms with Gasteiger partial charge in [-0.25, -0.2) is 0 Å². The molecule has 0 saturated carbocycles. The lowest BCUT2D eigenvalue weighted by Gasteiger charge is -2.20. The molecule has 62 valence electrons. The molecule has 0 bridgehead atoms. The Hall–Kier alpha value is -0.790. The molecule has 1 aliphatic rings. The van der Waals surface area contributed by atoms with Crippen LogP contribution in [-0.4, -0.2) is 23.9 Å². The normalized spacial score (nSPS) is 26.5. The third kappa shape index (κ3) is 1.44. The minimum atomic E-state index is 0.274. The molecule has 0 aromatic carbocycles. The zero-order valence-corrected chi connectivity index (χ0v) is 7.42. The summed E-state index contributed by atoms with van der Waals surface area (Å²) < 4.78 is 0. The molecule has 1 fully saturated rings. The maximum Gasteiger partial charge on any atom is 0.222 e. The van der Waals surface area contributed by atoms with Gasteiger partial charge in [0.2, 0.25) is 5.91 Å². The SMILES string of the molecule is C/C=C(\C)C1CCC(=O)N1C. The number of rotatable bonds is 1. The lowest BCUT2D eigenvalue weighted by molar-refractivity contribution is -0.127. The van der Waals surface area contributed by atoms with Crippen molar-refractivity contribution in [2.24, 2.45) is 0 Å². The Labute approximate surface area is 67.9 Å². The Kier molecular flexibility index (Phi) is 2.32. The third-order valence-electron chi connectivity index (χ3n) is 2.47. The van der Waals surface area contributed by atoms with Crippen LogP contribution in [0.15, 0.2) is 11.6 Å². The number of carbonyl (C=O) groups excluding carboxylic acids is 1. The summed E-state index contributed by atoms with van der Waals surface area (Å²) in [5.74, 6) is 0.274. The Bertz CT molecular complexity index is 196. The molecule has 2 heteroatoms. The van der Waals surface area contributed by atoms with E-state index in [0.717, 1.165) is 6.42 Å². The van der Waals surface area contributed by atoms with E-state index in [4.69, 9.17) is 0 Å². The van der Waals surface area contributed by atoms with Crippen LogP contribution in [0.1, 0.15) is 26.7 Å². The van der Waals surface area contributed by atoms with Crippen molar-refractivity contribution in [3.05, 3.63) is 11.6 Å². The summed E-state index contributed by atoms with van der Waals surface area (Å²) in [6.07, 6.45) is 3.79. The van der Waals surface area contributed by atoms with E-state index in [-0.39, 0.29) is 5.91 Å². The summed E-state index contributed by atoms with van der Waals surface area (Å²) in [7, 11) is 1.88. The predicted molar refractivity (Wildman–Crippen MR) is 45.2 cm³/mol. The van der Waals surface area contributed by atoms with Gasteiger partial charge in [0.1, 0.15) is 0 Å². The Morgan fingerprint density at radius 1 is 1.73 bits per heavy atom. The van der Waals surface area contributed by atoms with E-state index in [1.807, 2.05) is 18.9 Å². The van der Waals surface area contributed by atoms with Gasteiger partial charge >= 0.3 is 0 Å². The fourth-order valence-electron chi connectivity index (χ4n) is 1.53. The molecule has 0 radical (unpaired) electrons. The van der Waals surface area contributed by atoms with Gasteiger partial charge in [0.15, 0.2) is 0 Å². The summed E-state index contributed by atoms with van der Waals surface area (Å²) >= 11 is 0. The Morgan fingerprint density at radius 2 is 2.36 bits per heavy atom. The molecule has 1 rings (SSSR count). The molecule has 1 amide bonds. The number of allylic oxidation sites excluding steroid dienone is 1. The highest BCUT2D eigenvalue weighted by molar-refractivity contribution is 5.79. The Morgan fingerprint density at radius 3 is 2.73 bits per heavy atom. The second-order valence-electron chi connectivity index (χ2n) is 3.09. The predicted octanol–water partition coefficient (Wildman–Crippen LogP) is 1.57. The molecule has 1 heterocycles. The van der Waals surface area contributed by atoms with Crippen LogP contribution in [-0.2, 0) is 4.79 Å². The van der Waals surface area contributed by atoms with Gasteiger partial charge in [0.05, 0.1) is 6.04 Å². The molecule has 0 aromatic rings. The first-order valence-electron chi connectivity index (χ1n) is 4.05. The number of likely N-dealkylation sites (tertiary alicyclic amines) is 1. The number of hydrogen-bond acceptors (Lipinski definition) is 1. The van der Waals surface area contributed by atoms with Gasteiger partial charge in [-0.3, -0.25) is 4.79 Å². The topological polar surface area (TPSA) is 20.3 Å². The molecule has 1 unspecified atom stereocenters. The van der Waals surface area contributed by atoms with Crippen molar-refractivity contribution in [1.29, 1.82) is 0 Å². The second-order valence-corrected chi connectivity index (χ2v) is 3.09. The standard InChI is InChI=1S/C9H15NO/c1-4-7(2)8-5-6-9(11)10(8)3/h4,8H,5-6H2,1-3H3/b7-4+. The molecule has 1 atom stereocenters. The van der Waals surface area contributed by atoms with Crippen LogP contribution in [0.5, 0.6) is 0 Å². The summed E-state index contributed by atoms with van der Waals surface area (Å²) in [5, 5.41) is 0. The lowest BCUT2D eigenvalue weighted by atomic mass is 10.1. The van der Waals surface area contributed by atoms with E-state index in [1.54, 1.807) is 0 Å². The van der Waals surface area contributed by atoms with E-state index in [9.17, 15) is 4.79 Å². The maximum atomic E-state index is 11.1. The third-order valence-corrected chi connectivity index (χ3v) is 2.47. The quantitative estimate of drug-likeness (QED) is 0.524. The number of hydrogen-bond donors (Lipinski definition) is 0. The van der Waals surface area contributed by atoms with Crippen molar-refractivity contribution in [3.63, 3.8) is 0 Å². The minimum absolute atomic E-state index is 0.274. The lowest BCUT2D eigenvalue weighted by Crippen LogP contribution is -2.29. The van der Waals surface area contributed by atoms with E-state index in [1.165, 1.54) is 5.57 Å². The van der Waals surface area contributed by atoms with Gasteiger partial charge in [-0.2, -0.15) is 0 Å². The number of amides is 1. The van der Waals surface area contributed by atoms with Gasteiger partial charge < -0.3 is 4.90 Å². The molecule has 0 N–H and O–H groups in total. The molecule has 2 nitrogen and oxygen atoms in total. The van der Waals surface area contributed by atoms with Crippen LogP contribution in [0.2, 0.25) is 0 Å². The highest BCUT2D eigenvalue weighted by atomic mass is 16.2. The molecule has 0 aromatic heterocycles. The summed E-state index contributed by atoms with van der Waals surface area (Å²) in [6, 6.07) is 0.368. The van der Waals surface area contributed by atoms with Crippen molar-refractivity contribution in [3.8, 4) is 0 Å². The van der Waals surface area contributed by atoms with Crippen LogP contribution in [0.4, 0.5) is 0 Å². The first-order valence-corrected chi connectivity index (χ1v) is 4.05. The van der Waals surface area contributed by atoms with Gasteiger partial charge in [-0.05, 0) is 20.3 Å². The van der Waals surface area contributed by atoms with Crippen molar-refractivity contribution in [2.75, 3.05) is 7.05 Å². The van der Waals surface area contributed by atoms with E-state index in [0.29, 0.717) is 12.5 Å². The largest absolute Gasteiger partial charge is 0.339 e. The van der Waals surface area contributed by atoms with Crippen molar-refractivity contribution < 1.29 is 4.79 Å². The van der Waals surface area contributed by atoms with E-state index >= 15 is 0 Å². The van der Waals surface area contributed by atoms with Crippen LogP contribution in [0.25, 0.3) is 0 Å². The van der Waals surface area contributed by atoms with Gasteiger partial charge in [-0.1, -0.05) is 11.6 Å². The zero-order valence-electron chi connectivity index (χ0n) is 7.42. The minimum Gasteiger partial charge on any atom is -0.339 e. The molecule has 0 spiro atoms. The first kappa shape index (κ1) is 8.31. The average molecular weight is 153 g/mol. The van der Waals surface area contributed by atoms with Crippen molar-refractivity contribution in [2.45, 2.75) is 32.7 Å². The Balaban J connectivity index is 2.69. The van der Waals surface area contributed by atoms with Crippen LogP contribution >= 0.6 is 0 Å². The maximum absolute atomic E-state index is 11.1. The van der Waals surface area contributed by atoms with Crippen LogP contribution in [0.3, 0.4) is 0 Å². The van der Waals surface area contributed by atoms with Gasteiger partial charge in [0.25, 0.3) is 0 Å². The van der Waals surface area contributed by atoms with Crippen LogP contribution in [0, 0.1) is 0 Å². The second kappa shape index (κ2) is 3.07. The number of likely N-dealkylation sites (N-methyl/N-ethyl adjacent to an activating group) is 1. The summed E-state index contributed by atoms with van der Waals surface area (Å²) in [5.41, 5.74) is 1.30. The first-order chi connectivity index (χ1) is 5.16. The monoisotopic (exact) mass is 153 g/mol. The summed E-state index contributed by atoms with van der Waals surface area (Å²) in [4.78, 5) is 12.9. The fraction of sp³-hybridized carbons (Fsp3) is 0.667. The molecule has 1 aliphatic heterocycles. The van der Waals surface area contributed by atoms with Crippen LogP contribution < -0.4 is 0 Å². The van der Waals surface area contributed by atoms with E-state index in [2.05, 4.69) is 13.0 Å². The highest BCUT2D eigenvalue weighted by Crippen LogP contribution is 2.22. The van der Waals surface area contributed by atoms with Gasteiger partial charge in [0, 0.05) is 13.5 Å². The average Bonchev–Trinajstić information content (AvgIpc) is 2.32. The molecule has 1 saturated heterocycles. The fourth-order valence-corrected chi connectivity index (χ4v) is 1.53. The van der Waals surface area contributed by atoms with E-state index < -0.39 is 0 Å².